The third kappa shape index (κ3) is 5.01. The van der Waals surface area contributed by atoms with Crippen molar-refractivity contribution in [2.45, 2.75) is 66.4 Å². The van der Waals surface area contributed by atoms with Gasteiger partial charge in [0.25, 0.3) is 5.91 Å². The van der Waals surface area contributed by atoms with Gasteiger partial charge in [-0.3, -0.25) is 4.79 Å². The Morgan fingerprint density at radius 3 is 2.12 bits per heavy atom. The number of alkyl halides is 7. The summed E-state index contributed by atoms with van der Waals surface area (Å²) in [5, 5.41) is 12.5. The standard InChI is InChI=1S/C28H27F8NO5S/c1-24(2,40)23(39)37-13-16-12-18(14-38)25(43(41,42)20-7-5-19(29)6-8-20)21-10-4-17(11-15(21)3-9-22(16)25)26(30,27(31,32)33)28(34,35)36/h4-8,10-11,14,16,18,22,40H,3,9,12-13H2,1-2H3,(H,37,39)/t16-,18?,22-,25-/m0/s1. The molecule has 0 radical (unpaired) electrons. The smallest absolute Gasteiger partial charge is 0.381 e. The molecule has 0 aliphatic heterocycles. The zero-order valence-electron chi connectivity index (χ0n) is 22.7. The molecule has 2 aromatic carbocycles. The molecule has 6 nitrogen and oxygen atoms in total. The number of aldehydes is 1. The highest BCUT2D eigenvalue weighted by Crippen LogP contribution is 2.62. The van der Waals surface area contributed by atoms with Gasteiger partial charge in [-0.1, -0.05) is 18.2 Å². The van der Waals surface area contributed by atoms with Gasteiger partial charge in [0.05, 0.1) is 4.90 Å². The number of hydrogen-bond donors (Lipinski definition) is 2. The van der Waals surface area contributed by atoms with Gasteiger partial charge < -0.3 is 15.2 Å². The summed E-state index contributed by atoms with van der Waals surface area (Å²) in [5.41, 5.74) is -9.99. The van der Waals surface area contributed by atoms with Crippen LogP contribution in [0.5, 0.6) is 0 Å². The third-order valence-electron chi connectivity index (χ3n) is 8.47. The minimum atomic E-state index is -6.41. The molecule has 2 aliphatic carbocycles. The fraction of sp³-hybridized carbons (Fsp3) is 0.500. The van der Waals surface area contributed by atoms with Crippen LogP contribution in [0.2, 0.25) is 0 Å². The molecule has 1 fully saturated rings. The van der Waals surface area contributed by atoms with Crippen molar-refractivity contribution < 1.29 is 58.2 Å². The second kappa shape index (κ2) is 10.5. The van der Waals surface area contributed by atoms with Crippen molar-refractivity contribution in [3.63, 3.8) is 0 Å². The van der Waals surface area contributed by atoms with Crippen LogP contribution in [-0.2, 0) is 36.3 Å². The Labute approximate surface area is 241 Å². The van der Waals surface area contributed by atoms with E-state index in [1.54, 1.807) is 0 Å². The maximum absolute atomic E-state index is 15.0. The molecule has 2 N–H and O–H groups in total. The second-order valence-electron chi connectivity index (χ2n) is 11.4. The van der Waals surface area contributed by atoms with Gasteiger partial charge in [0.15, 0.2) is 9.84 Å². The minimum Gasteiger partial charge on any atom is -0.381 e. The van der Waals surface area contributed by atoms with Gasteiger partial charge >= 0.3 is 18.0 Å². The fourth-order valence-corrected chi connectivity index (χ4v) is 9.14. The maximum Gasteiger partial charge on any atom is 0.435 e. The molecule has 0 heterocycles. The minimum absolute atomic E-state index is 0.167. The number of fused-ring (bicyclic) bond motifs is 3. The van der Waals surface area contributed by atoms with Crippen LogP contribution >= 0.6 is 0 Å². The van der Waals surface area contributed by atoms with Crippen molar-refractivity contribution in [1.29, 1.82) is 0 Å². The van der Waals surface area contributed by atoms with Crippen molar-refractivity contribution in [1.82, 2.24) is 5.32 Å². The first-order valence-corrected chi connectivity index (χ1v) is 14.5. The van der Waals surface area contributed by atoms with Gasteiger partial charge in [-0.2, -0.15) is 26.3 Å². The monoisotopic (exact) mass is 641 g/mol. The number of rotatable bonds is 7. The summed E-state index contributed by atoms with van der Waals surface area (Å²) < 4.78 is 136. The lowest BCUT2D eigenvalue weighted by Gasteiger charge is -2.44. The number of aryl methyl sites for hydroxylation is 1. The average Bonchev–Trinajstić information content (AvgIpc) is 3.24. The van der Waals surface area contributed by atoms with E-state index in [0.29, 0.717) is 18.4 Å². The molecule has 236 valence electrons. The zero-order chi connectivity index (χ0) is 32.4. The molecule has 0 aromatic heterocycles. The van der Waals surface area contributed by atoms with E-state index >= 15 is 0 Å². The van der Waals surface area contributed by atoms with Crippen molar-refractivity contribution in [2.75, 3.05) is 6.54 Å². The summed E-state index contributed by atoms with van der Waals surface area (Å²) >= 11 is 0. The molecule has 1 unspecified atom stereocenters. The van der Waals surface area contributed by atoms with E-state index < -0.39 is 78.1 Å². The van der Waals surface area contributed by atoms with E-state index in [0.717, 1.165) is 24.3 Å². The summed E-state index contributed by atoms with van der Waals surface area (Å²) in [4.78, 5) is 24.4. The van der Waals surface area contributed by atoms with Gasteiger partial charge in [0.1, 0.15) is 22.5 Å². The van der Waals surface area contributed by atoms with Crippen LogP contribution in [0.4, 0.5) is 35.1 Å². The molecule has 2 aromatic rings. The number of nitrogens with one attached hydrogen (secondary N) is 1. The Morgan fingerprint density at radius 1 is 1.02 bits per heavy atom. The van der Waals surface area contributed by atoms with Crippen molar-refractivity contribution in [3.8, 4) is 0 Å². The Bertz CT molecular complexity index is 1500. The first kappa shape index (κ1) is 32.8. The molecule has 0 saturated heterocycles. The molecule has 0 spiro atoms. The molecule has 15 heteroatoms. The van der Waals surface area contributed by atoms with E-state index in [4.69, 9.17) is 0 Å². The summed E-state index contributed by atoms with van der Waals surface area (Å²) in [5.74, 6) is -4.80. The summed E-state index contributed by atoms with van der Waals surface area (Å²) in [6.45, 7) is 2.19. The quantitative estimate of drug-likeness (QED) is 0.250. The van der Waals surface area contributed by atoms with Crippen LogP contribution in [0.1, 0.15) is 43.4 Å². The highest BCUT2D eigenvalue weighted by molar-refractivity contribution is 7.92. The van der Waals surface area contributed by atoms with Gasteiger partial charge in [-0.15, -0.1) is 0 Å². The molecule has 43 heavy (non-hydrogen) atoms. The van der Waals surface area contributed by atoms with Crippen molar-refractivity contribution in [3.05, 3.63) is 65.0 Å². The lowest BCUT2D eigenvalue weighted by molar-refractivity contribution is -0.348. The molecule has 0 bridgehead atoms. The molecular formula is C28H27F8NO5S. The molecule has 4 rings (SSSR count). The molecule has 4 atom stereocenters. The van der Waals surface area contributed by atoms with Crippen LogP contribution in [-0.4, -0.2) is 50.2 Å². The first-order valence-electron chi connectivity index (χ1n) is 13.1. The topological polar surface area (TPSA) is 101 Å². The predicted molar refractivity (Wildman–Crippen MR) is 135 cm³/mol. The Hall–Kier alpha value is -3.07. The van der Waals surface area contributed by atoms with Crippen LogP contribution in [0.3, 0.4) is 0 Å². The second-order valence-corrected chi connectivity index (χ2v) is 13.6. The largest absolute Gasteiger partial charge is 0.435 e. The normalized spacial score (nSPS) is 24.7. The van der Waals surface area contributed by atoms with Gasteiger partial charge in [-0.05, 0) is 80.3 Å². The van der Waals surface area contributed by atoms with Gasteiger partial charge in [-0.25, -0.2) is 17.2 Å². The zero-order valence-corrected chi connectivity index (χ0v) is 23.5. The van der Waals surface area contributed by atoms with Crippen LogP contribution in [0.15, 0.2) is 47.4 Å². The van der Waals surface area contributed by atoms with Crippen LogP contribution in [0.25, 0.3) is 0 Å². The lowest BCUT2D eigenvalue weighted by atomic mass is 9.70. The summed E-state index contributed by atoms with van der Waals surface area (Å²) in [6.07, 6.45) is -13.1. The van der Waals surface area contributed by atoms with E-state index in [1.807, 2.05) is 0 Å². The Balaban J connectivity index is 1.96. The van der Waals surface area contributed by atoms with Gasteiger partial charge in [0.2, 0.25) is 0 Å². The molecule has 2 aliphatic rings. The number of sulfone groups is 1. The number of hydrogen-bond acceptors (Lipinski definition) is 5. The highest BCUT2D eigenvalue weighted by atomic mass is 32.2. The molecule has 1 amide bonds. The number of amides is 1. The number of carbonyl (C=O) groups excluding carboxylic acids is 2. The number of carbonyl (C=O) groups is 2. The Morgan fingerprint density at radius 2 is 1.60 bits per heavy atom. The lowest BCUT2D eigenvalue weighted by Crippen LogP contribution is -2.52. The average molecular weight is 642 g/mol. The number of benzene rings is 2. The Kier molecular flexibility index (Phi) is 8.04. The van der Waals surface area contributed by atoms with Crippen molar-refractivity contribution in [2.24, 2.45) is 17.8 Å². The summed E-state index contributed by atoms with van der Waals surface area (Å²) in [7, 11) is -4.76. The SMILES string of the molecule is CC(C)(O)C(=O)NC[C@@H]1CC(C=O)[C@]2(S(=O)(=O)c3ccc(F)cc3)c3ccc(C(F)(C(F)(F)F)C(F)(F)F)cc3CC[C@@H]12. The summed E-state index contributed by atoms with van der Waals surface area (Å²) in [6, 6.07) is 4.74. The van der Waals surface area contributed by atoms with E-state index in [9.17, 15) is 58.2 Å². The van der Waals surface area contributed by atoms with E-state index in [1.165, 1.54) is 13.8 Å². The van der Waals surface area contributed by atoms with Crippen LogP contribution in [0, 0.1) is 23.6 Å². The van der Waals surface area contributed by atoms with E-state index in [2.05, 4.69) is 5.32 Å². The number of halogens is 8. The highest BCUT2D eigenvalue weighted by Gasteiger charge is 2.74. The van der Waals surface area contributed by atoms with Crippen LogP contribution < -0.4 is 5.32 Å². The first-order chi connectivity index (χ1) is 19.6. The molecule has 1 saturated carbocycles. The maximum atomic E-state index is 15.0. The van der Waals surface area contributed by atoms with Gasteiger partial charge in [0, 0.05) is 18.0 Å². The number of aliphatic hydroxyl groups is 1. The predicted octanol–water partition coefficient (Wildman–Crippen LogP) is 5.07. The van der Waals surface area contributed by atoms with Crippen molar-refractivity contribution >= 4 is 22.0 Å². The molecular weight excluding hydrogens is 614 g/mol. The third-order valence-corrected chi connectivity index (χ3v) is 11.1. The van der Waals surface area contributed by atoms with E-state index in [-0.39, 0.29) is 43.0 Å². The fourth-order valence-electron chi connectivity index (χ4n) is 6.51.